The van der Waals surface area contributed by atoms with Crippen LogP contribution in [0.2, 0.25) is 0 Å². The van der Waals surface area contributed by atoms with Gasteiger partial charge in [0.15, 0.2) is 6.20 Å². The molecule has 0 amide bonds. The number of pyridine rings is 1. The number of thioether (sulfide) groups is 1. The van der Waals surface area contributed by atoms with Crippen molar-refractivity contribution in [3.8, 4) is 0 Å². The molecule has 0 unspecified atom stereocenters. The predicted molar refractivity (Wildman–Crippen MR) is 135 cm³/mol. The zero-order valence-corrected chi connectivity index (χ0v) is 20.5. The van der Waals surface area contributed by atoms with Gasteiger partial charge in [0.1, 0.15) is 18.9 Å². The fourth-order valence-electron chi connectivity index (χ4n) is 3.76. The number of hydrogen-bond acceptors (Lipinski definition) is 4. The van der Waals surface area contributed by atoms with Crippen molar-refractivity contribution < 1.29 is 19.3 Å². The number of rotatable bonds is 13. The third-order valence-electron chi connectivity index (χ3n) is 5.56. The van der Waals surface area contributed by atoms with Gasteiger partial charge in [0, 0.05) is 49.2 Å². The topological polar surface area (TPSA) is 56.4 Å². The summed E-state index contributed by atoms with van der Waals surface area (Å²) >= 11 is 1.91. The van der Waals surface area contributed by atoms with E-state index in [4.69, 9.17) is 0 Å². The molecule has 2 heterocycles. The van der Waals surface area contributed by atoms with Crippen LogP contribution in [-0.2, 0) is 20.6 Å². The second-order valence-electron chi connectivity index (χ2n) is 8.04. The first-order chi connectivity index (χ1) is 16.1. The molecule has 6 nitrogen and oxygen atoms in total. The Morgan fingerprint density at radius 2 is 1.73 bits per heavy atom. The smallest absolute Gasteiger partial charge is 0.317 e. The van der Waals surface area contributed by atoms with Crippen molar-refractivity contribution in [2.45, 2.75) is 24.5 Å². The van der Waals surface area contributed by atoms with E-state index in [0.29, 0.717) is 13.1 Å². The van der Waals surface area contributed by atoms with Crippen LogP contribution in [0, 0.1) is 0 Å². The molecule has 0 radical (unpaired) electrons. The summed E-state index contributed by atoms with van der Waals surface area (Å²) < 4.78 is 6.65. The van der Waals surface area contributed by atoms with Gasteiger partial charge in [-0.3, -0.25) is 0 Å². The van der Waals surface area contributed by atoms with Crippen LogP contribution in [0.25, 0.3) is 12.2 Å². The number of aliphatic hydroxyl groups excluding tert-OH is 2. The van der Waals surface area contributed by atoms with Gasteiger partial charge in [-0.05, 0) is 48.0 Å². The molecule has 2 aromatic heterocycles. The van der Waals surface area contributed by atoms with Gasteiger partial charge in [-0.2, -0.15) is 4.57 Å². The third kappa shape index (κ3) is 7.45. The fourth-order valence-corrected chi connectivity index (χ4v) is 4.82. The molecular formula is C26H36N4O2S+2. The molecule has 0 aliphatic heterocycles. The quantitative estimate of drug-likeness (QED) is 0.230. The van der Waals surface area contributed by atoms with Crippen LogP contribution in [0.1, 0.15) is 24.1 Å². The highest BCUT2D eigenvalue weighted by atomic mass is 32.2. The molecule has 3 aromatic rings. The zero-order valence-electron chi connectivity index (χ0n) is 19.7. The van der Waals surface area contributed by atoms with Gasteiger partial charge in [0.2, 0.25) is 5.69 Å². The molecule has 3 rings (SSSR count). The molecule has 0 atom stereocenters. The number of aliphatic hydroxyl groups is 2. The molecular weight excluding hydrogens is 432 g/mol. The molecule has 7 heteroatoms. The molecule has 0 aliphatic rings. The normalized spacial score (nSPS) is 11.4. The van der Waals surface area contributed by atoms with Crippen LogP contribution in [0.3, 0.4) is 0 Å². The first-order valence-corrected chi connectivity index (χ1v) is 12.5. The van der Waals surface area contributed by atoms with E-state index in [9.17, 15) is 10.2 Å². The average molecular weight is 469 g/mol. The van der Waals surface area contributed by atoms with Gasteiger partial charge >= 0.3 is 5.16 Å². The van der Waals surface area contributed by atoms with Gasteiger partial charge in [0.05, 0.1) is 27.3 Å². The first kappa shape index (κ1) is 25.0. The molecule has 0 bridgehead atoms. The Labute approximate surface area is 201 Å². The van der Waals surface area contributed by atoms with Crippen molar-refractivity contribution in [2.24, 2.45) is 14.1 Å². The highest BCUT2D eigenvalue weighted by Crippen LogP contribution is 2.17. The van der Waals surface area contributed by atoms with Gasteiger partial charge in [-0.25, -0.2) is 9.13 Å². The largest absolute Gasteiger partial charge is 0.395 e. The van der Waals surface area contributed by atoms with E-state index in [1.54, 1.807) is 0 Å². The number of unbranched alkanes of at least 4 members (excludes halogenated alkanes) is 1. The summed E-state index contributed by atoms with van der Waals surface area (Å²) in [5.41, 5.74) is 3.31. The molecule has 0 fully saturated rings. The summed E-state index contributed by atoms with van der Waals surface area (Å²) in [6.07, 6.45) is 12.9. The molecule has 0 aliphatic carbocycles. The number of aryl methyl sites for hydroxylation is 3. The summed E-state index contributed by atoms with van der Waals surface area (Å²) in [5, 5.41) is 19.7. The number of imidazole rings is 1. The summed E-state index contributed by atoms with van der Waals surface area (Å²) in [4.78, 5) is 1.98. The van der Waals surface area contributed by atoms with Gasteiger partial charge < -0.3 is 15.1 Å². The molecule has 176 valence electrons. The maximum absolute atomic E-state index is 9.23. The molecule has 1 aromatic carbocycles. The van der Waals surface area contributed by atoms with Crippen molar-refractivity contribution >= 4 is 29.6 Å². The van der Waals surface area contributed by atoms with Crippen LogP contribution in [0.4, 0.5) is 5.69 Å². The molecule has 0 spiro atoms. The van der Waals surface area contributed by atoms with Crippen LogP contribution in [-0.4, -0.2) is 46.8 Å². The van der Waals surface area contributed by atoms with E-state index in [1.165, 1.54) is 17.3 Å². The number of anilines is 1. The van der Waals surface area contributed by atoms with E-state index >= 15 is 0 Å². The van der Waals surface area contributed by atoms with Crippen molar-refractivity contribution in [3.63, 3.8) is 0 Å². The SMILES string of the molecule is Cn1cc[n+](C)c1SCCCC[n+]1ccccc1/C=C/c1ccc(N(CCO)CCO)cc1. The van der Waals surface area contributed by atoms with Crippen molar-refractivity contribution in [3.05, 3.63) is 72.3 Å². The lowest BCUT2D eigenvalue weighted by molar-refractivity contribution is -0.709. The summed E-state index contributed by atoms with van der Waals surface area (Å²) in [6.45, 7) is 2.17. The lowest BCUT2D eigenvalue weighted by atomic mass is 10.1. The number of aromatic nitrogens is 3. The summed E-state index contributed by atoms with van der Waals surface area (Å²) in [6, 6.07) is 14.5. The van der Waals surface area contributed by atoms with Crippen LogP contribution in [0.5, 0.6) is 0 Å². The number of hydrogen-bond donors (Lipinski definition) is 2. The minimum atomic E-state index is 0.0685. The Hall–Kier alpha value is -2.61. The van der Waals surface area contributed by atoms with Crippen molar-refractivity contribution in [2.75, 3.05) is 37.0 Å². The van der Waals surface area contributed by atoms with Crippen LogP contribution in [0.15, 0.2) is 66.2 Å². The van der Waals surface area contributed by atoms with Crippen LogP contribution >= 0.6 is 11.8 Å². The lowest BCUT2D eigenvalue weighted by Crippen LogP contribution is -2.36. The van der Waals surface area contributed by atoms with E-state index in [2.05, 4.69) is 88.9 Å². The van der Waals surface area contributed by atoms with Crippen molar-refractivity contribution in [1.82, 2.24) is 4.57 Å². The Kier molecular flexibility index (Phi) is 10.00. The number of benzene rings is 1. The van der Waals surface area contributed by atoms with E-state index in [0.717, 1.165) is 30.0 Å². The predicted octanol–water partition coefficient (Wildman–Crippen LogP) is 2.67. The van der Waals surface area contributed by atoms with Gasteiger partial charge in [-0.1, -0.05) is 12.1 Å². The maximum atomic E-state index is 9.23. The molecule has 0 saturated heterocycles. The second kappa shape index (κ2) is 13.2. The minimum Gasteiger partial charge on any atom is -0.395 e. The summed E-state index contributed by atoms with van der Waals surface area (Å²) in [5.74, 6) is 1.11. The van der Waals surface area contributed by atoms with E-state index < -0.39 is 0 Å². The zero-order chi connectivity index (χ0) is 23.5. The average Bonchev–Trinajstić information content (AvgIpc) is 3.15. The molecule has 33 heavy (non-hydrogen) atoms. The Morgan fingerprint density at radius 1 is 0.970 bits per heavy atom. The Balaban J connectivity index is 1.54. The number of nitrogens with zero attached hydrogens (tertiary/aromatic N) is 4. The van der Waals surface area contributed by atoms with Gasteiger partial charge in [-0.15, -0.1) is 0 Å². The van der Waals surface area contributed by atoms with Gasteiger partial charge in [0.25, 0.3) is 0 Å². The highest BCUT2D eigenvalue weighted by Gasteiger charge is 2.12. The fraction of sp³-hybridized carbons (Fsp3) is 0.385. The maximum Gasteiger partial charge on any atom is 0.317 e. The Morgan fingerprint density at radius 3 is 2.39 bits per heavy atom. The molecule has 0 saturated carbocycles. The van der Waals surface area contributed by atoms with Crippen LogP contribution < -0.4 is 14.0 Å². The monoisotopic (exact) mass is 468 g/mol. The van der Waals surface area contributed by atoms with Crippen molar-refractivity contribution in [1.29, 1.82) is 0 Å². The van der Waals surface area contributed by atoms with E-state index in [-0.39, 0.29) is 13.2 Å². The standard InChI is InChI=1S/C26H36N4O2S/c1-27-16-17-28(2)26(27)33-22-6-5-15-29-14-4-3-7-24(29)11-8-23-9-12-25(13-10-23)30(18-20-31)19-21-32/h3-4,7-14,16-17,31-32H,5-6,15,18-22H2,1-2H3/q+2. The molecule has 2 N–H and O–H groups in total. The Bertz CT molecular complexity index is 992. The van der Waals surface area contributed by atoms with E-state index in [1.807, 2.05) is 28.8 Å². The second-order valence-corrected chi connectivity index (χ2v) is 9.10. The first-order valence-electron chi connectivity index (χ1n) is 11.5. The third-order valence-corrected chi connectivity index (χ3v) is 6.89. The minimum absolute atomic E-state index is 0.0685. The summed E-state index contributed by atoms with van der Waals surface area (Å²) in [7, 11) is 4.18. The highest BCUT2D eigenvalue weighted by molar-refractivity contribution is 7.99. The lowest BCUT2D eigenvalue weighted by Gasteiger charge is -2.22.